The minimum absolute atomic E-state index is 1.04. The molecule has 3 aromatic rings. The number of pyridine rings is 1. The van der Waals surface area contributed by atoms with E-state index in [0.717, 1.165) is 25.2 Å². The van der Waals surface area contributed by atoms with Crippen molar-refractivity contribution in [1.29, 1.82) is 0 Å². The third kappa shape index (κ3) is 4.00. The first-order valence-corrected chi connectivity index (χ1v) is 10.9. The number of aromatic nitrogens is 2. The molecule has 148 valence electrons. The molecule has 28 heavy (non-hydrogen) atoms. The molecule has 0 radical (unpaired) electrons. The van der Waals surface area contributed by atoms with E-state index in [9.17, 15) is 0 Å². The maximum absolute atomic E-state index is 4.47. The Hall–Kier alpha value is -2.13. The van der Waals surface area contributed by atoms with Gasteiger partial charge >= 0.3 is 0 Å². The fourth-order valence-corrected chi connectivity index (χ4v) is 4.54. The maximum Gasteiger partial charge on any atom is 0.0486 e. The van der Waals surface area contributed by atoms with Gasteiger partial charge in [-0.15, -0.1) is 0 Å². The molecule has 1 aliphatic heterocycles. The average Bonchev–Trinajstić information content (AvgIpc) is 3.00. The van der Waals surface area contributed by atoms with Gasteiger partial charge in [-0.1, -0.05) is 37.5 Å². The van der Waals surface area contributed by atoms with E-state index in [0.29, 0.717) is 0 Å². The van der Waals surface area contributed by atoms with Crippen LogP contribution in [0.1, 0.15) is 54.3 Å². The predicted molar refractivity (Wildman–Crippen MR) is 118 cm³/mol. The monoisotopic (exact) mass is 375 g/mol. The number of hydrogen-bond donors (Lipinski definition) is 0. The molecule has 0 saturated heterocycles. The first kappa shape index (κ1) is 19.2. The van der Waals surface area contributed by atoms with E-state index in [4.69, 9.17) is 0 Å². The van der Waals surface area contributed by atoms with Gasteiger partial charge in [0.15, 0.2) is 0 Å². The molecule has 0 saturated carbocycles. The van der Waals surface area contributed by atoms with Crippen LogP contribution in [0.4, 0.5) is 0 Å². The van der Waals surface area contributed by atoms with Crippen LogP contribution >= 0.6 is 0 Å². The van der Waals surface area contributed by atoms with Gasteiger partial charge in [0.1, 0.15) is 0 Å². The number of unbranched alkanes of at least 4 members (excludes halogenated alkanes) is 2. The topological polar surface area (TPSA) is 21.1 Å². The minimum atomic E-state index is 1.04. The van der Waals surface area contributed by atoms with Crippen LogP contribution in [0.3, 0.4) is 0 Å². The van der Waals surface area contributed by atoms with Gasteiger partial charge in [0.2, 0.25) is 0 Å². The molecule has 0 N–H and O–H groups in total. The summed E-state index contributed by atoms with van der Waals surface area (Å²) in [7, 11) is 0. The molecular weight excluding hydrogens is 342 g/mol. The van der Waals surface area contributed by atoms with Gasteiger partial charge in [-0.3, -0.25) is 9.88 Å². The SMILES string of the molecule is CCCCCN1CCc2c(c3cc(C)ccc3n2CCc2ccc(C)nc2)C1. The summed E-state index contributed by atoms with van der Waals surface area (Å²) in [5.41, 5.74) is 8.32. The molecule has 0 spiro atoms. The third-order valence-electron chi connectivity index (χ3n) is 6.16. The Morgan fingerprint density at radius 3 is 2.71 bits per heavy atom. The Morgan fingerprint density at radius 1 is 1.04 bits per heavy atom. The molecule has 0 unspecified atom stereocenters. The molecule has 0 atom stereocenters. The van der Waals surface area contributed by atoms with E-state index in [1.54, 1.807) is 11.3 Å². The molecule has 0 amide bonds. The number of hydrogen-bond acceptors (Lipinski definition) is 2. The van der Waals surface area contributed by atoms with Gasteiger partial charge < -0.3 is 4.57 Å². The van der Waals surface area contributed by atoms with Crippen molar-refractivity contribution in [3.63, 3.8) is 0 Å². The summed E-state index contributed by atoms with van der Waals surface area (Å²) in [4.78, 5) is 7.13. The number of benzene rings is 1. The number of rotatable bonds is 7. The van der Waals surface area contributed by atoms with Crippen LogP contribution < -0.4 is 0 Å². The summed E-state index contributed by atoms with van der Waals surface area (Å²) in [5.74, 6) is 0. The second-order valence-corrected chi connectivity index (χ2v) is 8.39. The zero-order chi connectivity index (χ0) is 19.5. The molecule has 3 heteroatoms. The van der Waals surface area contributed by atoms with Gasteiger partial charge in [0, 0.05) is 54.5 Å². The lowest BCUT2D eigenvalue weighted by Crippen LogP contribution is -2.32. The van der Waals surface area contributed by atoms with Crippen molar-refractivity contribution in [2.45, 2.75) is 66.0 Å². The maximum atomic E-state index is 4.47. The van der Waals surface area contributed by atoms with Crippen LogP contribution in [0, 0.1) is 13.8 Å². The van der Waals surface area contributed by atoms with Gasteiger partial charge in [-0.05, 0) is 62.6 Å². The van der Waals surface area contributed by atoms with Gasteiger partial charge in [0.25, 0.3) is 0 Å². The Balaban J connectivity index is 1.61. The fraction of sp³-hybridized carbons (Fsp3) is 0.480. The molecule has 0 bridgehead atoms. The Morgan fingerprint density at radius 2 is 1.93 bits per heavy atom. The van der Waals surface area contributed by atoms with E-state index < -0.39 is 0 Å². The summed E-state index contributed by atoms with van der Waals surface area (Å²) >= 11 is 0. The van der Waals surface area contributed by atoms with E-state index in [2.05, 4.69) is 58.6 Å². The Bertz CT molecular complexity index is 937. The van der Waals surface area contributed by atoms with Crippen LogP contribution in [0.5, 0.6) is 0 Å². The highest BCUT2D eigenvalue weighted by Crippen LogP contribution is 2.32. The lowest BCUT2D eigenvalue weighted by molar-refractivity contribution is 0.246. The fourth-order valence-electron chi connectivity index (χ4n) is 4.54. The Labute approximate surface area is 169 Å². The molecule has 1 aliphatic rings. The van der Waals surface area contributed by atoms with Crippen LogP contribution in [0.15, 0.2) is 36.5 Å². The van der Waals surface area contributed by atoms with Crippen molar-refractivity contribution in [2.24, 2.45) is 0 Å². The van der Waals surface area contributed by atoms with Crippen LogP contribution in [-0.2, 0) is 25.9 Å². The van der Waals surface area contributed by atoms with Crippen molar-refractivity contribution in [2.75, 3.05) is 13.1 Å². The van der Waals surface area contributed by atoms with Gasteiger partial charge in [-0.25, -0.2) is 0 Å². The van der Waals surface area contributed by atoms with Crippen molar-refractivity contribution in [1.82, 2.24) is 14.5 Å². The quantitative estimate of drug-likeness (QED) is 0.512. The minimum Gasteiger partial charge on any atom is -0.344 e. The zero-order valence-electron chi connectivity index (χ0n) is 17.7. The summed E-state index contributed by atoms with van der Waals surface area (Å²) in [6.45, 7) is 11.1. The molecule has 0 aliphatic carbocycles. The van der Waals surface area contributed by atoms with Gasteiger partial charge in [0.05, 0.1) is 0 Å². The zero-order valence-corrected chi connectivity index (χ0v) is 17.7. The normalized spacial score (nSPS) is 14.5. The number of nitrogens with zero attached hydrogens (tertiary/aromatic N) is 3. The highest BCUT2D eigenvalue weighted by molar-refractivity contribution is 5.86. The largest absolute Gasteiger partial charge is 0.344 e. The van der Waals surface area contributed by atoms with Crippen molar-refractivity contribution < 1.29 is 0 Å². The van der Waals surface area contributed by atoms with Gasteiger partial charge in [-0.2, -0.15) is 0 Å². The van der Waals surface area contributed by atoms with E-state index in [1.165, 1.54) is 60.8 Å². The molecular formula is C25H33N3. The lowest BCUT2D eigenvalue weighted by atomic mass is 10.0. The Kier molecular flexibility index (Phi) is 5.82. The summed E-state index contributed by atoms with van der Waals surface area (Å²) in [6.07, 6.45) is 8.20. The molecule has 1 aromatic carbocycles. The third-order valence-corrected chi connectivity index (χ3v) is 6.16. The summed E-state index contributed by atoms with van der Waals surface area (Å²) in [6, 6.07) is 11.3. The average molecular weight is 376 g/mol. The molecule has 2 aromatic heterocycles. The smallest absolute Gasteiger partial charge is 0.0486 e. The standard InChI is InChI=1S/C25H33N3/c1-4-5-6-13-27-14-12-25-23(18-27)22-16-19(2)7-10-24(22)28(25)15-11-21-9-8-20(3)26-17-21/h7-10,16-17H,4-6,11-15,18H2,1-3H3. The second-order valence-electron chi connectivity index (χ2n) is 8.39. The van der Waals surface area contributed by atoms with Crippen LogP contribution in [0.25, 0.3) is 10.9 Å². The highest BCUT2D eigenvalue weighted by atomic mass is 15.1. The second kappa shape index (κ2) is 8.48. The first-order valence-electron chi connectivity index (χ1n) is 10.9. The molecule has 4 rings (SSSR count). The summed E-state index contributed by atoms with van der Waals surface area (Å²) < 4.78 is 2.59. The van der Waals surface area contributed by atoms with Crippen molar-refractivity contribution in [3.05, 3.63) is 64.6 Å². The molecule has 3 heterocycles. The molecule has 3 nitrogen and oxygen atoms in total. The first-order chi connectivity index (χ1) is 13.7. The number of fused-ring (bicyclic) bond motifs is 3. The van der Waals surface area contributed by atoms with E-state index in [-0.39, 0.29) is 0 Å². The van der Waals surface area contributed by atoms with Crippen molar-refractivity contribution in [3.8, 4) is 0 Å². The molecule has 0 fully saturated rings. The van der Waals surface area contributed by atoms with E-state index >= 15 is 0 Å². The van der Waals surface area contributed by atoms with Crippen molar-refractivity contribution >= 4 is 10.9 Å². The van der Waals surface area contributed by atoms with Crippen LogP contribution in [0.2, 0.25) is 0 Å². The van der Waals surface area contributed by atoms with E-state index in [1.807, 2.05) is 13.1 Å². The highest BCUT2D eigenvalue weighted by Gasteiger charge is 2.23. The number of aryl methyl sites for hydroxylation is 4. The lowest BCUT2D eigenvalue weighted by Gasteiger charge is -2.28. The predicted octanol–water partition coefficient (Wildman–Crippen LogP) is 5.44. The van der Waals surface area contributed by atoms with Crippen LogP contribution in [-0.4, -0.2) is 27.5 Å². The summed E-state index contributed by atoms with van der Waals surface area (Å²) in [5, 5.41) is 1.47.